The van der Waals surface area contributed by atoms with Gasteiger partial charge in [0, 0.05) is 10.6 Å². The number of hydrogen-bond donors (Lipinski definition) is 1. The second kappa shape index (κ2) is 6.82. The van der Waals surface area contributed by atoms with Crippen molar-refractivity contribution in [1.29, 1.82) is 0 Å². The molecule has 2 aromatic heterocycles. The summed E-state index contributed by atoms with van der Waals surface area (Å²) in [5.41, 5.74) is 1.48. The topological polar surface area (TPSA) is 64.4 Å². The lowest BCUT2D eigenvalue weighted by Gasteiger charge is -2.03. The average Bonchev–Trinajstić information content (AvgIpc) is 3.05. The lowest BCUT2D eigenvalue weighted by atomic mass is 10.1. The minimum absolute atomic E-state index is 0.328. The Morgan fingerprint density at radius 2 is 1.92 bits per heavy atom. The molecule has 7 heteroatoms. The number of nitrogens with one attached hydrogen (secondary N) is 1. The van der Waals surface area contributed by atoms with Crippen molar-refractivity contribution in [3.8, 4) is 17.1 Å². The van der Waals surface area contributed by atoms with Crippen molar-refractivity contribution in [2.75, 3.05) is 12.4 Å². The van der Waals surface area contributed by atoms with Crippen molar-refractivity contribution in [1.82, 2.24) is 4.98 Å². The first-order chi connectivity index (χ1) is 12.6. The minimum atomic E-state index is -0.464. The third-order valence-electron chi connectivity index (χ3n) is 3.79. The second-order valence-corrected chi connectivity index (χ2v) is 6.95. The van der Waals surface area contributed by atoms with Crippen LogP contribution in [0, 0.1) is 0 Å². The third-order valence-corrected chi connectivity index (χ3v) is 4.98. The van der Waals surface area contributed by atoms with Gasteiger partial charge in [-0.25, -0.2) is 9.78 Å². The van der Waals surface area contributed by atoms with Gasteiger partial charge in [-0.05, 0) is 54.6 Å². The number of anilines is 2. The van der Waals surface area contributed by atoms with Gasteiger partial charge in [0.1, 0.15) is 17.2 Å². The van der Waals surface area contributed by atoms with Crippen molar-refractivity contribution < 1.29 is 9.15 Å². The zero-order chi connectivity index (χ0) is 18.1. The van der Waals surface area contributed by atoms with E-state index in [2.05, 4.69) is 10.3 Å². The summed E-state index contributed by atoms with van der Waals surface area (Å²) < 4.78 is 11.6. The second-order valence-electron chi connectivity index (χ2n) is 5.49. The van der Waals surface area contributed by atoms with Crippen LogP contribution in [0.3, 0.4) is 0 Å². The molecule has 0 aliphatic rings. The molecule has 130 valence electrons. The molecule has 26 heavy (non-hydrogen) atoms. The molecule has 4 aromatic rings. The number of halogens is 1. The molecule has 5 nitrogen and oxygen atoms in total. The van der Waals surface area contributed by atoms with Crippen LogP contribution < -0.4 is 15.7 Å². The minimum Gasteiger partial charge on any atom is -0.497 e. The molecule has 0 atom stereocenters. The van der Waals surface area contributed by atoms with Gasteiger partial charge in [0.25, 0.3) is 0 Å². The predicted octanol–water partition coefficient (Wildman–Crippen LogP) is 5.32. The van der Waals surface area contributed by atoms with Crippen molar-refractivity contribution in [3.05, 3.63) is 70.0 Å². The Morgan fingerprint density at radius 3 is 2.65 bits per heavy atom. The van der Waals surface area contributed by atoms with Crippen molar-refractivity contribution >= 4 is 44.0 Å². The van der Waals surface area contributed by atoms with Crippen molar-refractivity contribution in [3.63, 3.8) is 0 Å². The standard InChI is InChI=1S/C19H13ClN2O3S/c1-24-13-6-7-14-17(10-13)26-19(21-14)22-15-8-9-16(25-18(15)23)11-2-4-12(20)5-3-11/h2-10H,1H3,(H,21,22). The number of benzene rings is 2. The highest BCUT2D eigenvalue weighted by atomic mass is 35.5. The van der Waals surface area contributed by atoms with Crippen molar-refractivity contribution in [2.24, 2.45) is 0 Å². The van der Waals surface area contributed by atoms with E-state index in [0.29, 0.717) is 21.6 Å². The first-order valence-electron chi connectivity index (χ1n) is 7.74. The Labute approximate surface area is 157 Å². The fraction of sp³-hybridized carbons (Fsp3) is 0.0526. The Kier molecular flexibility index (Phi) is 4.36. The average molecular weight is 385 g/mol. The van der Waals surface area contributed by atoms with Crippen LogP contribution in [0.25, 0.3) is 21.5 Å². The summed E-state index contributed by atoms with van der Waals surface area (Å²) in [6.07, 6.45) is 0. The van der Waals surface area contributed by atoms with Crippen LogP contribution in [0.1, 0.15) is 0 Å². The molecular formula is C19H13ClN2O3S. The zero-order valence-corrected chi connectivity index (χ0v) is 15.2. The molecule has 0 bridgehead atoms. The number of thiazole rings is 1. The van der Waals surface area contributed by atoms with E-state index in [-0.39, 0.29) is 0 Å². The summed E-state index contributed by atoms with van der Waals surface area (Å²) in [6.45, 7) is 0. The molecule has 0 saturated carbocycles. The molecule has 4 rings (SSSR count). The zero-order valence-electron chi connectivity index (χ0n) is 13.7. The van der Waals surface area contributed by atoms with E-state index in [4.69, 9.17) is 20.8 Å². The van der Waals surface area contributed by atoms with E-state index in [9.17, 15) is 4.79 Å². The smallest absolute Gasteiger partial charge is 0.360 e. The predicted molar refractivity (Wildman–Crippen MR) is 105 cm³/mol. The third kappa shape index (κ3) is 3.29. The maximum Gasteiger partial charge on any atom is 0.360 e. The van der Waals surface area contributed by atoms with Crippen LogP contribution in [0.15, 0.2) is 63.8 Å². The summed E-state index contributed by atoms with van der Waals surface area (Å²) in [7, 11) is 1.62. The van der Waals surface area contributed by atoms with E-state index in [1.165, 1.54) is 11.3 Å². The van der Waals surface area contributed by atoms with Gasteiger partial charge in [0.2, 0.25) is 0 Å². The molecule has 0 amide bonds. The van der Waals surface area contributed by atoms with Gasteiger partial charge in [0.15, 0.2) is 5.13 Å². The molecule has 0 aliphatic carbocycles. The number of methoxy groups -OCH3 is 1. The fourth-order valence-corrected chi connectivity index (χ4v) is 3.51. The van der Waals surface area contributed by atoms with E-state index in [1.807, 2.05) is 18.2 Å². The SMILES string of the molecule is COc1ccc2nc(Nc3ccc(-c4ccc(Cl)cc4)oc3=O)sc2c1. The van der Waals surface area contributed by atoms with Gasteiger partial charge < -0.3 is 14.5 Å². The number of rotatable bonds is 4. The summed E-state index contributed by atoms with van der Waals surface area (Å²) in [4.78, 5) is 16.8. The largest absolute Gasteiger partial charge is 0.497 e. The summed E-state index contributed by atoms with van der Waals surface area (Å²) in [6, 6.07) is 16.2. The quantitative estimate of drug-likeness (QED) is 0.515. The van der Waals surface area contributed by atoms with E-state index in [0.717, 1.165) is 21.5 Å². The van der Waals surface area contributed by atoms with Gasteiger partial charge in [-0.1, -0.05) is 22.9 Å². The van der Waals surface area contributed by atoms with Crippen molar-refractivity contribution in [2.45, 2.75) is 0 Å². The molecule has 2 aromatic carbocycles. The highest BCUT2D eigenvalue weighted by Crippen LogP contribution is 2.30. The lowest BCUT2D eigenvalue weighted by molar-refractivity contribution is 0.415. The number of ether oxygens (including phenoxy) is 1. The molecular weight excluding hydrogens is 372 g/mol. The lowest BCUT2D eigenvalue weighted by Crippen LogP contribution is -2.06. The van der Waals surface area contributed by atoms with Crippen LogP contribution in [0.2, 0.25) is 5.02 Å². The number of aromatic nitrogens is 1. The molecule has 0 aliphatic heterocycles. The first kappa shape index (κ1) is 16.6. The monoisotopic (exact) mass is 384 g/mol. The summed E-state index contributed by atoms with van der Waals surface area (Å²) in [5, 5.41) is 4.26. The fourth-order valence-electron chi connectivity index (χ4n) is 2.48. The van der Waals surface area contributed by atoms with Crippen LogP contribution in [0.5, 0.6) is 5.75 Å². The molecule has 0 unspecified atom stereocenters. The molecule has 2 heterocycles. The van der Waals surface area contributed by atoms with E-state index < -0.39 is 5.63 Å². The maximum absolute atomic E-state index is 12.3. The molecule has 0 saturated heterocycles. The van der Waals surface area contributed by atoms with Crippen LogP contribution in [-0.4, -0.2) is 12.1 Å². The number of nitrogens with zero attached hydrogens (tertiary/aromatic N) is 1. The first-order valence-corrected chi connectivity index (χ1v) is 8.93. The van der Waals surface area contributed by atoms with E-state index in [1.54, 1.807) is 43.5 Å². The van der Waals surface area contributed by atoms with Crippen LogP contribution in [0.4, 0.5) is 10.8 Å². The highest BCUT2D eigenvalue weighted by molar-refractivity contribution is 7.22. The Bertz CT molecular complexity index is 1140. The Morgan fingerprint density at radius 1 is 1.12 bits per heavy atom. The van der Waals surface area contributed by atoms with Crippen LogP contribution >= 0.6 is 22.9 Å². The van der Waals surface area contributed by atoms with E-state index >= 15 is 0 Å². The molecule has 0 spiro atoms. The van der Waals surface area contributed by atoms with Crippen LogP contribution in [-0.2, 0) is 0 Å². The normalized spacial score (nSPS) is 10.8. The van der Waals surface area contributed by atoms with Gasteiger partial charge in [-0.15, -0.1) is 0 Å². The maximum atomic E-state index is 12.3. The highest BCUT2D eigenvalue weighted by Gasteiger charge is 2.10. The van der Waals surface area contributed by atoms with Gasteiger partial charge in [-0.2, -0.15) is 0 Å². The summed E-state index contributed by atoms with van der Waals surface area (Å²) in [5.74, 6) is 1.24. The van der Waals surface area contributed by atoms with Gasteiger partial charge in [-0.3, -0.25) is 0 Å². The van der Waals surface area contributed by atoms with Gasteiger partial charge in [0.05, 0.1) is 17.3 Å². The Balaban J connectivity index is 1.62. The number of fused-ring (bicyclic) bond motifs is 1. The Hall–Kier alpha value is -2.83. The molecule has 0 radical (unpaired) electrons. The molecule has 1 N–H and O–H groups in total. The summed E-state index contributed by atoms with van der Waals surface area (Å²) >= 11 is 7.32. The van der Waals surface area contributed by atoms with Gasteiger partial charge >= 0.3 is 5.63 Å². The number of hydrogen-bond acceptors (Lipinski definition) is 6. The molecule has 0 fully saturated rings.